The van der Waals surface area contributed by atoms with Gasteiger partial charge in [0.15, 0.2) is 5.82 Å². The van der Waals surface area contributed by atoms with E-state index in [2.05, 4.69) is 39.7 Å². The van der Waals surface area contributed by atoms with Gasteiger partial charge in [-0.25, -0.2) is 9.97 Å². The van der Waals surface area contributed by atoms with E-state index in [0.29, 0.717) is 23.5 Å². The Morgan fingerprint density at radius 3 is 2.43 bits per heavy atom. The van der Waals surface area contributed by atoms with Crippen molar-refractivity contribution in [2.45, 2.75) is 27.2 Å². The first-order valence-corrected chi connectivity index (χ1v) is 8.13. The number of rotatable bonds is 5. The van der Waals surface area contributed by atoms with Gasteiger partial charge in [0.1, 0.15) is 10.9 Å². The van der Waals surface area contributed by atoms with E-state index in [9.17, 15) is 0 Å². The van der Waals surface area contributed by atoms with Gasteiger partial charge in [0.05, 0.1) is 16.8 Å². The zero-order valence-electron chi connectivity index (χ0n) is 12.4. The Morgan fingerprint density at radius 1 is 1.19 bits per heavy atom. The Labute approximate surface area is 138 Å². The molecule has 5 heteroatoms. The van der Waals surface area contributed by atoms with E-state index in [0.717, 1.165) is 27.9 Å². The standard InChI is InChI=1S/C16H18BrClN2O/c1-4-21-12-7-5-11(6-8-12)16-19-13(9-10(2)3)14(17)15(18)20-16/h5-8,10H,4,9H2,1-3H3. The third-order valence-electron chi connectivity index (χ3n) is 2.90. The van der Waals surface area contributed by atoms with E-state index >= 15 is 0 Å². The number of hydrogen-bond acceptors (Lipinski definition) is 3. The maximum atomic E-state index is 6.21. The van der Waals surface area contributed by atoms with Crippen LogP contribution >= 0.6 is 27.5 Å². The zero-order valence-corrected chi connectivity index (χ0v) is 14.7. The highest BCUT2D eigenvalue weighted by atomic mass is 79.9. The van der Waals surface area contributed by atoms with Gasteiger partial charge in [0.25, 0.3) is 0 Å². The van der Waals surface area contributed by atoms with Crippen molar-refractivity contribution in [1.82, 2.24) is 9.97 Å². The maximum Gasteiger partial charge on any atom is 0.161 e. The van der Waals surface area contributed by atoms with Crippen LogP contribution in [-0.4, -0.2) is 16.6 Å². The van der Waals surface area contributed by atoms with Gasteiger partial charge < -0.3 is 4.74 Å². The molecular formula is C16H18BrClN2O. The third kappa shape index (κ3) is 4.17. The highest BCUT2D eigenvalue weighted by Crippen LogP contribution is 2.29. The summed E-state index contributed by atoms with van der Waals surface area (Å²) in [4.78, 5) is 8.99. The van der Waals surface area contributed by atoms with Gasteiger partial charge in [-0.15, -0.1) is 0 Å². The average molecular weight is 370 g/mol. The van der Waals surface area contributed by atoms with E-state index in [1.165, 1.54) is 0 Å². The largest absolute Gasteiger partial charge is 0.494 e. The van der Waals surface area contributed by atoms with Gasteiger partial charge in [0, 0.05) is 5.56 Å². The van der Waals surface area contributed by atoms with Crippen LogP contribution in [0.1, 0.15) is 26.5 Å². The van der Waals surface area contributed by atoms with Gasteiger partial charge in [-0.3, -0.25) is 0 Å². The van der Waals surface area contributed by atoms with Crippen molar-refractivity contribution in [1.29, 1.82) is 0 Å². The first-order chi connectivity index (χ1) is 10.0. The fourth-order valence-electron chi connectivity index (χ4n) is 1.98. The smallest absolute Gasteiger partial charge is 0.161 e. The number of nitrogens with zero attached hydrogens (tertiary/aromatic N) is 2. The summed E-state index contributed by atoms with van der Waals surface area (Å²) in [5.41, 5.74) is 1.87. The molecule has 1 heterocycles. The van der Waals surface area contributed by atoms with Crippen LogP contribution in [0.25, 0.3) is 11.4 Å². The fourth-order valence-corrected chi connectivity index (χ4v) is 2.51. The first-order valence-electron chi connectivity index (χ1n) is 6.96. The molecule has 2 aromatic rings. The van der Waals surface area contributed by atoms with E-state index in [1.54, 1.807) is 0 Å². The second-order valence-electron chi connectivity index (χ2n) is 5.15. The van der Waals surface area contributed by atoms with Crippen LogP contribution < -0.4 is 4.74 Å². The molecule has 0 fully saturated rings. The Kier molecular flexibility index (Phi) is 5.59. The highest BCUT2D eigenvalue weighted by molar-refractivity contribution is 9.10. The van der Waals surface area contributed by atoms with Crippen LogP contribution in [-0.2, 0) is 6.42 Å². The topological polar surface area (TPSA) is 35.0 Å². The van der Waals surface area contributed by atoms with E-state index in [1.807, 2.05) is 31.2 Å². The molecule has 0 saturated heterocycles. The molecule has 0 amide bonds. The van der Waals surface area contributed by atoms with Gasteiger partial charge >= 0.3 is 0 Å². The molecule has 1 aromatic carbocycles. The van der Waals surface area contributed by atoms with Crippen LogP contribution in [0.5, 0.6) is 5.75 Å². The summed E-state index contributed by atoms with van der Waals surface area (Å²) in [6, 6.07) is 7.73. The van der Waals surface area contributed by atoms with Gasteiger partial charge in [-0.1, -0.05) is 25.4 Å². The fraction of sp³-hybridized carbons (Fsp3) is 0.375. The van der Waals surface area contributed by atoms with Crippen LogP contribution in [0.4, 0.5) is 0 Å². The normalized spacial score (nSPS) is 11.0. The molecule has 0 bridgehead atoms. The van der Waals surface area contributed by atoms with E-state index in [4.69, 9.17) is 16.3 Å². The van der Waals surface area contributed by atoms with Crippen LogP contribution in [0.3, 0.4) is 0 Å². The van der Waals surface area contributed by atoms with Crippen LogP contribution in [0, 0.1) is 5.92 Å². The Hall–Kier alpha value is -1.13. The van der Waals surface area contributed by atoms with E-state index < -0.39 is 0 Å². The quantitative estimate of drug-likeness (QED) is 0.683. The van der Waals surface area contributed by atoms with Crippen LogP contribution in [0.15, 0.2) is 28.7 Å². The zero-order chi connectivity index (χ0) is 15.4. The van der Waals surface area contributed by atoms with Crippen molar-refractivity contribution in [3.05, 3.63) is 39.6 Å². The van der Waals surface area contributed by atoms with E-state index in [-0.39, 0.29) is 0 Å². The molecule has 0 aliphatic carbocycles. The SMILES string of the molecule is CCOc1ccc(-c2nc(Cl)c(Br)c(CC(C)C)n2)cc1. The Morgan fingerprint density at radius 2 is 1.86 bits per heavy atom. The monoisotopic (exact) mass is 368 g/mol. The Balaban J connectivity index is 2.36. The Bertz CT molecular complexity index is 614. The minimum Gasteiger partial charge on any atom is -0.494 e. The molecule has 0 unspecified atom stereocenters. The highest BCUT2D eigenvalue weighted by Gasteiger charge is 2.13. The summed E-state index contributed by atoms with van der Waals surface area (Å²) >= 11 is 9.68. The van der Waals surface area contributed by atoms with Crippen molar-refractivity contribution in [2.75, 3.05) is 6.61 Å². The molecule has 0 spiro atoms. The van der Waals surface area contributed by atoms with Crippen LogP contribution in [0.2, 0.25) is 5.15 Å². The molecule has 0 atom stereocenters. The molecule has 2 rings (SSSR count). The van der Waals surface area contributed by atoms with Crippen molar-refractivity contribution < 1.29 is 4.74 Å². The second kappa shape index (κ2) is 7.23. The summed E-state index contributed by atoms with van der Waals surface area (Å²) in [5, 5.41) is 0.449. The number of hydrogen-bond donors (Lipinski definition) is 0. The summed E-state index contributed by atoms with van der Waals surface area (Å²) in [6.07, 6.45) is 0.854. The molecule has 112 valence electrons. The van der Waals surface area contributed by atoms with Crippen molar-refractivity contribution in [2.24, 2.45) is 5.92 Å². The molecule has 21 heavy (non-hydrogen) atoms. The molecule has 0 N–H and O–H groups in total. The summed E-state index contributed by atoms with van der Waals surface area (Å²) in [7, 11) is 0. The lowest BCUT2D eigenvalue weighted by Crippen LogP contribution is -2.02. The van der Waals surface area contributed by atoms with Gasteiger partial charge in [0.2, 0.25) is 0 Å². The molecular weight excluding hydrogens is 352 g/mol. The summed E-state index contributed by atoms with van der Waals surface area (Å²) in [6.45, 7) is 6.92. The number of benzene rings is 1. The summed E-state index contributed by atoms with van der Waals surface area (Å²) < 4.78 is 6.23. The molecule has 0 aliphatic heterocycles. The number of ether oxygens (including phenoxy) is 1. The molecule has 1 aromatic heterocycles. The third-order valence-corrected chi connectivity index (χ3v) is 4.24. The lowest BCUT2D eigenvalue weighted by molar-refractivity contribution is 0.340. The van der Waals surface area contributed by atoms with Crippen molar-refractivity contribution >= 4 is 27.5 Å². The maximum absolute atomic E-state index is 6.21. The first kappa shape index (κ1) is 16.2. The number of halogens is 2. The molecule has 0 aliphatic rings. The second-order valence-corrected chi connectivity index (χ2v) is 6.31. The lowest BCUT2D eigenvalue weighted by atomic mass is 10.1. The minimum atomic E-state index is 0.449. The lowest BCUT2D eigenvalue weighted by Gasteiger charge is -2.10. The minimum absolute atomic E-state index is 0.449. The van der Waals surface area contributed by atoms with Crippen molar-refractivity contribution in [3.63, 3.8) is 0 Å². The van der Waals surface area contributed by atoms with Crippen molar-refractivity contribution in [3.8, 4) is 17.1 Å². The summed E-state index contributed by atoms with van der Waals surface area (Å²) in [5.74, 6) is 1.98. The predicted molar refractivity (Wildman–Crippen MR) is 89.9 cm³/mol. The van der Waals surface area contributed by atoms with Gasteiger partial charge in [-0.05, 0) is 59.5 Å². The predicted octanol–water partition coefficient (Wildman–Crippen LogP) is 5.16. The molecule has 0 radical (unpaired) electrons. The number of aromatic nitrogens is 2. The molecule has 3 nitrogen and oxygen atoms in total. The average Bonchev–Trinajstić information content (AvgIpc) is 2.44. The van der Waals surface area contributed by atoms with Gasteiger partial charge in [-0.2, -0.15) is 0 Å². The molecule has 0 saturated carbocycles.